The van der Waals surface area contributed by atoms with Gasteiger partial charge >= 0.3 is 6.16 Å². The van der Waals surface area contributed by atoms with E-state index in [-0.39, 0.29) is 17.9 Å². The van der Waals surface area contributed by atoms with Gasteiger partial charge in [0.1, 0.15) is 5.75 Å². The van der Waals surface area contributed by atoms with Crippen molar-refractivity contribution in [3.63, 3.8) is 0 Å². The van der Waals surface area contributed by atoms with Crippen LogP contribution < -0.4 is 4.74 Å². The van der Waals surface area contributed by atoms with Gasteiger partial charge in [-0.1, -0.05) is 36.3 Å². The Labute approximate surface area is 128 Å². The van der Waals surface area contributed by atoms with Gasteiger partial charge in [-0.25, -0.2) is 4.79 Å². The summed E-state index contributed by atoms with van der Waals surface area (Å²) in [7, 11) is 0. The normalized spacial score (nSPS) is 9.32. The predicted octanol–water partition coefficient (Wildman–Crippen LogP) is 3.46. The fourth-order valence-corrected chi connectivity index (χ4v) is 1.70. The molecule has 0 radical (unpaired) electrons. The summed E-state index contributed by atoms with van der Waals surface area (Å²) < 4.78 is 9.71. The molecule has 0 amide bonds. The molecule has 0 unspecified atom stereocenters. The van der Waals surface area contributed by atoms with Crippen LogP contribution in [0.15, 0.2) is 54.6 Å². The van der Waals surface area contributed by atoms with E-state index >= 15 is 0 Å². The highest BCUT2D eigenvalue weighted by molar-refractivity contribution is 6.11. The zero-order chi connectivity index (χ0) is 15.8. The van der Waals surface area contributed by atoms with E-state index < -0.39 is 11.9 Å². The highest BCUT2D eigenvalue weighted by Crippen LogP contribution is 2.19. The van der Waals surface area contributed by atoms with E-state index in [1.807, 2.05) is 18.2 Å². The molecule has 4 nitrogen and oxygen atoms in total. The van der Waals surface area contributed by atoms with Crippen molar-refractivity contribution in [2.45, 2.75) is 6.92 Å². The van der Waals surface area contributed by atoms with Crippen LogP contribution in [0, 0.1) is 11.8 Å². The van der Waals surface area contributed by atoms with Gasteiger partial charge in [0.05, 0.1) is 12.2 Å². The second-order valence-electron chi connectivity index (χ2n) is 4.23. The van der Waals surface area contributed by atoms with Crippen LogP contribution in [-0.2, 0) is 4.74 Å². The smallest absolute Gasteiger partial charge is 0.434 e. The average Bonchev–Trinajstić information content (AvgIpc) is 2.54. The number of ketones is 1. The first-order chi connectivity index (χ1) is 10.7. The summed E-state index contributed by atoms with van der Waals surface area (Å²) in [4.78, 5) is 23.5. The maximum Gasteiger partial charge on any atom is 0.513 e. The first-order valence-corrected chi connectivity index (χ1v) is 6.75. The quantitative estimate of drug-likeness (QED) is 0.376. The van der Waals surface area contributed by atoms with Gasteiger partial charge in [-0.05, 0) is 37.1 Å². The van der Waals surface area contributed by atoms with Crippen molar-refractivity contribution in [3.8, 4) is 17.6 Å². The molecule has 0 spiro atoms. The molecule has 0 saturated heterocycles. The molecule has 0 aliphatic carbocycles. The highest BCUT2D eigenvalue weighted by atomic mass is 16.7. The fraction of sp³-hybridized carbons (Fsp3) is 0.111. The Morgan fingerprint density at radius 1 is 1.00 bits per heavy atom. The van der Waals surface area contributed by atoms with Gasteiger partial charge < -0.3 is 9.47 Å². The van der Waals surface area contributed by atoms with Gasteiger partial charge in [-0.2, -0.15) is 0 Å². The average molecular weight is 294 g/mol. The molecule has 2 aromatic rings. The van der Waals surface area contributed by atoms with Crippen molar-refractivity contribution in [2.24, 2.45) is 0 Å². The second kappa shape index (κ2) is 7.65. The lowest BCUT2D eigenvalue weighted by Crippen LogP contribution is -2.12. The third kappa shape index (κ3) is 4.22. The Balaban J connectivity index is 2.20. The zero-order valence-corrected chi connectivity index (χ0v) is 12.0. The number of ether oxygens (including phenoxy) is 2. The summed E-state index contributed by atoms with van der Waals surface area (Å²) in [6.07, 6.45) is -0.848. The van der Waals surface area contributed by atoms with Crippen LogP contribution in [-0.4, -0.2) is 18.5 Å². The number of hydrogen-bond acceptors (Lipinski definition) is 4. The summed E-state index contributed by atoms with van der Waals surface area (Å²) in [6.45, 7) is 1.87. The topological polar surface area (TPSA) is 52.6 Å². The lowest BCUT2D eigenvalue weighted by Gasteiger charge is -2.06. The van der Waals surface area contributed by atoms with Crippen LogP contribution in [0.1, 0.15) is 22.8 Å². The number of para-hydroxylation sites is 1. The zero-order valence-electron chi connectivity index (χ0n) is 12.0. The maximum absolute atomic E-state index is 12.2. The second-order valence-corrected chi connectivity index (χ2v) is 4.23. The van der Waals surface area contributed by atoms with Gasteiger partial charge in [0.15, 0.2) is 0 Å². The Bertz CT molecular complexity index is 723. The standard InChI is InChI=1S/C18H14O4/c1-2-21-18(20)22-17-11-7-6-10-15(17)16(19)13-12-14-8-4-3-5-9-14/h3-11H,2H2,1H3. The maximum atomic E-state index is 12.2. The van der Waals surface area contributed by atoms with Crippen molar-refractivity contribution < 1.29 is 19.1 Å². The molecule has 0 heterocycles. The lowest BCUT2D eigenvalue weighted by molar-refractivity contribution is 0.101. The minimum absolute atomic E-state index is 0.133. The molecule has 0 bridgehead atoms. The number of hydrogen-bond donors (Lipinski definition) is 0. The van der Waals surface area contributed by atoms with Crippen LogP contribution in [0.25, 0.3) is 0 Å². The molecule has 0 N–H and O–H groups in total. The number of carbonyl (C=O) groups excluding carboxylic acids is 2. The molecular weight excluding hydrogens is 280 g/mol. The summed E-state index contributed by atoms with van der Waals surface area (Å²) in [5.74, 6) is 5.02. The molecule has 0 atom stereocenters. The van der Waals surface area contributed by atoms with Crippen molar-refractivity contribution in [1.82, 2.24) is 0 Å². The van der Waals surface area contributed by atoms with Crippen LogP contribution in [0.4, 0.5) is 4.79 Å². The summed E-state index contributed by atoms with van der Waals surface area (Å²) >= 11 is 0. The first-order valence-electron chi connectivity index (χ1n) is 6.75. The van der Waals surface area contributed by atoms with Crippen molar-refractivity contribution >= 4 is 11.9 Å². The molecule has 2 aromatic carbocycles. The lowest BCUT2D eigenvalue weighted by atomic mass is 10.1. The molecule has 4 heteroatoms. The molecule has 0 saturated carbocycles. The van der Waals surface area contributed by atoms with E-state index in [0.717, 1.165) is 5.56 Å². The van der Waals surface area contributed by atoms with Crippen LogP contribution in [0.5, 0.6) is 5.75 Å². The summed E-state index contributed by atoms with van der Waals surface area (Å²) in [5.41, 5.74) is 0.957. The predicted molar refractivity (Wildman–Crippen MR) is 81.7 cm³/mol. The third-order valence-electron chi connectivity index (χ3n) is 2.68. The minimum atomic E-state index is -0.848. The minimum Gasteiger partial charge on any atom is -0.434 e. The van der Waals surface area contributed by atoms with E-state index in [0.29, 0.717) is 0 Å². The van der Waals surface area contributed by atoms with Gasteiger partial charge in [0, 0.05) is 5.56 Å². The Kier molecular flexibility index (Phi) is 5.33. The largest absolute Gasteiger partial charge is 0.513 e. The van der Waals surface area contributed by atoms with Crippen molar-refractivity contribution in [3.05, 3.63) is 65.7 Å². The Morgan fingerprint density at radius 2 is 1.68 bits per heavy atom. The molecule has 0 aliphatic heterocycles. The number of benzene rings is 2. The highest BCUT2D eigenvalue weighted by Gasteiger charge is 2.13. The van der Waals surface area contributed by atoms with Gasteiger partial charge in [-0.3, -0.25) is 4.79 Å². The number of carbonyl (C=O) groups is 2. The molecular formula is C18H14O4. The van der Waals surface area contributed by atoms with E-state index in [1.165, 1.54) is 6.07 Å². The summed E-state index contributed by atoms with van der Waals surface area (Å²) in [5, 5.41) is 0. The van der Waals surface area contributed by atoms with Gasteiger partial charge in [-0.15, -0.1) is 0 Å². The Hall–Kier alpha value is -3.06. The number of Topliss-reactive ketones (excluding diaryl/α,β-unsaturated/α-hetero) is 1. The molecule has 2 rings (SSSR count). The van der Waals surface area contributed by atoms with E-state index in [9.17, 15) is 9.59 Å². The van der Waals surface area contributed by atoms with Crippen molar-refractivity contribution in [1.29, 1.82) is 0 Å². The molecule has 0 aliphatic rings. The monoisotopic (exact) mass is 294 g/mol. The van der Waals surface area contributed by atoms with E-state index in [2.05, 4.69) is 11.8 Å². The number of rotatable bonds is 3. The SMILES string of the molecule is CCOC(=O)Oc1ccccc1C(=O)C#Cc1ccccc1. The van der Waals surface area contributed by atoms with E-state index in [4.69, 9.17) is 9.47 Å². The third-order valence-corrected chi connectivity index (χ3v) is 2.68. The van der Waals surface area contributed by atoms with Gasteiger partial charge in [0.2, 0.25) is 5.78 Å². The molecule has 22 heavy (non-hydrogen) atoms. The van der Waals surface area contributed by atoms with Crippen LogP contribution in [0.2, 0.25) is 0 Å². The summed E-state index contributed by atoms with van der Waals surface area (Å²) in [6, 6.07) is 15.6. The fourth-order valence-electron chi connectivity index (χ4n) is 1.70. The van der Waals surface area contributed by atoms with Gasteiger partial charge in [0.25, 0.3) is 0 Å². The Morgan fingerprint density at radius 3 is 2.41 bits per heavy atom. The first kappa shape index (κ1) is 15.3. The van der Waals surface area contributed by atoms with Crippen molar-refractivity contribution in [2.75, 3.05) is 6.61 Å². The van der Waals surface area contributed by atoms with Crippen LogP contribution >= 0.6 is 0 Å². The molecule has 110 valence electrons. The molecule has 0 fully saturated rings. The molecule has 0 aromatic heterocycles. The van der Waals surface area contributed by atoms with E-state index in [1.54, 1.807) is 37.3 Å². The van der Waals surface area contributed by atoms with Crippen LogP contribution in [0.3, 0.4) is 0 Å².